The number of fused-ring (bicyclic) bond motifs is 1. The number of nitrogens with zero attached hydrogens (tertiary/aromatic N) is 3. The Kier molecular flexibility index (Phi) is 3.16. The Bertz CT molecular complexity index is 1110. The van der Waals surface area contributed by atoms with E-state index in [2.05, 4.69) is 15.0 Å². The molecular formula is C18H14N4O2. The molecule has 0 saturated carbocycles. The van der Waals surface area contributed by atoms with Gasteiger partial charge in [-0.25, -0.2) is 4.98 Å². The highest BCUT2D eigenvalue weighted by atomic mass is 16.3. The third-order valence-corrected chi connectivity index (χ3v) is 4.04. The van der Waals surface area contributed by atoms with Gasteiger partial charge in [-0.3, -0.25) is 14.3 Å². The lowest BCUT2D eigenvalue weighted by atomic mass is 10.0. The first-order valence-electron chi connectivity index (χ1n) is 7.43. The van der Waals surface area contributed by atoms with E-state index in [-0.39, 0.29) is 5.75 Å². The van der Waals surface area contributed by atoms with Crippen molar-refractivity contribution in [3.05, 3.63) is 65.3 Å². The zero-order valence-electron chi connectivity index (χ0n) is 12.9. The van der Waals surface area contributed by atoms with Crippen LogP contribution in [0.4, 0.5) is 0 Å². The van der Waals surface area contributed by atoms with E-state index < -0.39 is 5.56 Å². The first-order chi connectivity index (χ1) is 11.6. The minimum atomic E-state index is -0.480. The van der Waals surface area contributed by atoms with Crippen LogP contribution in [-0.2, 0) is 7.05 Å². The number of hydrogen-bond donors (Lipinski definition) is 2. The molecule has 0 bridgehead atoms. The fourth-order valence-corrected chi connectivity index (χ4v) is 2.83. The van der Waals surface area contributed by atoms with E-state index >= 15 is 0 Å². The standard InChI is InChI=1S/C18H14N4O2/c1-22-17(21-10-16(23)18(22)24)11-5-7-20-15(9-11)12-3-2-4-14-13(12)6-8-19-14/h2-10,19,23H,1H3. The number of H-pyrrole nitrogens is 1. The van der Waals surface area contributed by atoms with Crippen LogP contribution >= 0.6 is 0 Å². The van der Waals surface area contributed by atoms with Gasteiger partial charge in [-0.15, -0.1) is 0 Å². The highest BCUT2D eigenvalue weighted by molar-refractivity contribution is 5.94. The molecule has 1 aromatic carbocycles. The summed E-state index contributed by atoms with van der Waals surface area (Å²) in [5.74, 6) is 0.107. The van der Waals surface area contributed by atoms with Crippen LogP contribution in [0.5, 0.6) is 5.75 Å². The quantitative estimate of drug-likeness (QED) is 0.595. The molecule has 0 aliphatic rings. The van der Waals surface area contributed by atoms with Gasteiger partial charge in [0, 0.05) is 41.5 Å². The van der Waals surface area contributed by atoms with E-state index in [1.165, 1.54) is 10.8 Å². The number of pyridine rings is 1. The van der Waals surface area contributed by atoms with E-state index in [1.807, 2.05) is 36.5 Å². The second-order valence-corrected chi connectivity index (χ2v) is 5.51. The molecule has 118 valence electrons. The summed E-state index contributed by atoms with van der Waals surface area (Å²) in [6.45, 7) is 0. The summed E-state index contributed by atoms with van der Waals surface area (Å²) < 4.78 is 1.32. The topological polar surface area (TPSA) is 83.8 Å². The molecule has 24 heavy (non-hydrogen) atoms. The average Bonchev–Trinajstić information content (AvgIpc) is 3.08. The van der Waals surface area contributed by atoms with Gasteiger partial charge in [-0.2, -0.15) is 0 Å². The van der Waals surface area contributed by atoms with Gasteiger partial charge < -0.3 is 10.1 Å². The number of benzene rings is 1. The van der Waals surface area contributed by atoms with Crippen molar-refractivity contribution in [3.63, 3.8) is 0 Å². The lowest BCUT2D eigenvalue weighted by Gasteiger charge is -2.09. The fourth-order valence-electron chi connectivity index (χ4n) is 2.83. The van der Waals surface area contributed by atoms with Crippen LogP contribution in [0.2, 0.25) is 0 Å². The van der Waals surface area contributed by atoms with Crippen molar-refractivity contribution >= 4 is 10.9 Å². The van der Waals surface area contributed by atoms with Crippen molar-refractivity contribution in [2.75, 3.05) is 0 Å². The van der Waals surface area contributed by atoms with Crippen molar-refractivity contribution in [1.29, 1.82) is 0 Å². The third kappa shape index (κ3) is 2.16. The Labute approximate surface area is 137 Å². The van der Waals surface area contributed by atoms with Crippen LogP contribution in [0.25, 0.3) is 33.5 Å². The van der Waals surface area contributed by atoms with E-state index in [1.54, 1.807) is 19.3 Å². The monoisotopic (exact) mass is 318 g/mol. The largest absolute Gasteiger partial charge is 0.502 e. The molecule has 0 aliphatic carbocycles. The Morgan fingerprint density at radius 1 is 1.17 bits per heavy atom. The summed E-state index contributed by atoms with van der Waals surface area (Å²) in [6.07, 6.45) is 4.75. The summed E-state index contributed by atoms with van der Waals surface area (Å²) in [5, 5.41) is 10.6. The number of aromatic hydroxyl groups is 1. The molecular weight excluding hydrogens is 304 g/mol. The third-order valence-electron chi connectivity index (χ3n) is 4.04. The van der Waals surface area contributed by atoms with Crippen LogP contribution < -0.4 is 5.56 Å². The first kappa shape index (κ1) is 14.2. The molecule has 0 saturated heterocycles. The van der Waals surface area contributed by atoms with E-state index in [9.17, 15) is 9.90 Å². The van der Waals surface area contributed by atoms with Gasteiger partial charge in [0.25, 0.3) is 5.56 Å². The van der Waals surface area contributed by atoms with Gasteiger partial charge in [0.15, 0.2) is 5.75 Å². The highest BCUT2D eigenvalue weighted by Gasteiger charge is 2.11. The predicted octanol–water partition coefficient (Wildman–Crippen LogP) is 2.70. The van der Waals surface area contributed by atoms with Crippen LogP contribution in [-0.4, -0.2) is 24.6 Å². The SMILES string of the molecule is Cn1c(-c2ccnc(-c3cccc4[nH]ccc34)c2)ncc(O)c1=O. The molecule has 6 heteroatoms. The summed E-state index contributed by atoms with van der Waals surface area (Å²) in [4.78, 5) is 23.7. The van der Waals surface area contributed by atoms with Crippen LogP contribution in [0.3, 0.4) is 0 Å². The second kappa shape index (κ2) is 5.34. The van der Waals surface area contributed by atoms with E-state index in [4.69, 9.17) is 0 Å². The lowest BCUT2D eigenvalue weighted by Crippen LogP contribution is -2.19. The molecule has 3 heterocycles. The van der Waals surface area contributed by atoms with Crippen molar-refractivity contribution < 1.29 is 5.11 Å². The average molecular weight is 318 g/mol. The molecule has 0 aliphatic heterocycles. The van der Waals surface area contributed by atoms with Gasteiger partial charge in [0.1, 0.15) is 5.82 Å². The maximum absolute atomic E-state index is 11.9. The Balaban J connectivity index is 1.90. The van der Waals surface area contributed by atoms with Crippen molar-refractivity contribution in [1.82, 2.24) is 19.5 Å². The maximum Gasteiger partial charge on any atom is 0.295 e. The maximum atomic E-state index is 11.9. The Hall–Kier alpha value is -3.41. The normalized spacial score (nSPS) is 11.0. The van der Waals surface area contributed by atoms with Gasteiger partial charge >= 0.3 is 0 Å². The van der Waals surface area contributed by atoms with E-state index in [0.29, 0.717) is 5.82 Å². The second-order valence-electron chi connectivity index (χ2n) is 5.51. The molecule has 0 fully saturated rings. The minimum Gasteiger partial charge on any atom is -0.502 e. The Morgan fingerprint density at radius 3 is 2.92 bits per heavy atom. The number of hydrogen-bond acceptors (Lipinski definition) is 4. The molecule has 0 spiro atoms. The molecule has 0 unspecified atom stereocenters. The molecule has 0 amide bonds. The molecule has 3 aromatic heterocycles. The number of aromatic nitrogens is 4. The van der Waals surface area contributed by atoms with Gasteiger partial charge in [-0.1, -0.05) is 12.1 Å². The lowest BCUT2D eigenvalue weighted by molar-refractivity contribution is 0.457. The molecule has 6 nitrogen and oxygen atoms in total. The van der Waals surface area contributed by atoms with Crippen LogP contribution in [0.15, 0.2) is 59.8 Å². The zero-order chi connectivity index (χ0) is 16.7. The molecule has 2 N–H and O–H groups in total. The van der Waals surface area contributed by atoms with Crippen molar-refractivity contribution in [3.8, 4) is 28.4 Å². The molecule has 0 atom stereocenters. The summed E-state index contributed by atoms with van der Waals surface area (Å²) >= 11 is 0. The number of aromatic amines is 1. The molecule has 0 radical (unpaired) electrons. The first-order valence-corrected chi connectivity index (χ1v) is 7.43. The van der Waals surface area contributed by atoms with Crippen LogP contribution in [0.1, 0.15) is 0 Å². The molecule has 4 aromatic rings. The van der Waals surface area contributed by atoms with Crippen molar-refractivity contribution in [2.45, 2.75) is 0 Å². The summed E-state index contributed by atoms with van der Waals surface area (Å²) in [7, 11) is 1.58. The van der Waals surface area contributed by atoms with Gasteiger partial charge in [-0.05, 0) is 24.3 Å². The minimum absolute atomic E-state index is 0.368. The predicted molar refractivity (Wildman–Crippen MR) is 91.7 cm³/mol. The van der Waals surface area contributed by atoms with Crippen LogP contribution in [0, 0.1) is 0 Å². The highest BCUT2D eigenvalue weighted by Crippen LogP contribution is 2.28. The Morgan fingerprint density at radius 2 is 2.04 bits per heavy atom. The fraction of sp³-hybridized carbons (Fsp3) is 0.0556. The van der Waals surface area contributed by atoms with Gasteiger partial charge in [0.05, 0.1) is 11.9 Å². The number of rotatable bonds is 2. The van der Waals surface area contributed by atoms with E-state index in [0.717, 1.165) is 27.7 Å². The number of nitrogens with one attached hydrogen (secondary N) is 1. The molecule has 4 rings (SSSR count). The summed E-state index contributed by atoms with van der Waals surface area (Å²) in [5.41, 5.74) is 3.10. The van der Waals surface area contributed by atoms with Crippen molar-refractivity contribution in [2.24, 2.45) is 7.05 Å². The van der Waals surface area contributed by atoms with Gasteiger partial charge in [0.2, 0.25) is 0 Å². The zero-order valence-corrected chi connectivity index (χ0v) is 12.9. The summed E-state index contributed by atoms with van der Waals surface area (Å²) in [6, 6.07) is 11.7. The smallest absolute Gasteiger partial charge is 0.295 e.